The number of unbranched alkanes of at least 4 members (excludes halogenated alkanes) is 22. The van der Waals surface area contributed by atoms with Crippen molar-refractivity contribution in [1.82, 2.24) is 0 Å². The molecule has 0 bridgehead atoms. The number of ether oxygens (including phenoxy) is 1. The number of carboxylic acid groups (broad SMARTS) is 1. The van der Waals surface area contributed by atoms with Gasteiger partial charge in [0.15, 0.2) is 0 Å². The van der Waals surface area contributed by atoms with E-state index in [9.17, 15) is 9.59 Å². The van der Waals surface area contributed by atoms with Gasteiger partial charge in [0.1, 0.15) is 6.10 Å². The van der Waals surface area contributed by atoms with E-state index in [0.29, 0.717) is 6.42 Å². The highest BCUT2D eigenvalue weighted by Crippen LogP contribution is 2.15. The van der Waals surface area contributed by atoms with E-state index < -0.39 is 5.97 Å². The Bertz CT molecular complexity index is 639. The van der Waals surface area contributed by atoms with Crippen LogP contribution >= 0.6 is 0 Å². The largest absolute Gasteiger partial charge is 0.481 e. The molecule has 1 unspecified atom stereocenters. The van der Waals surface area contributed by atoms with E-state index >= 15 is 0 Å². The molecule has 0 aliphatic heterocycles. The van der Waals surface area contributed by atoms with Gasteiger partial charge in [-0.25, -0.2) is 0 Å². The van der Waals surface area contributed by atoms with E-state index in [1.807, 2.05) is 0 Å². The average molecular weight is 591 g/mol. The molecule has 0 saturated carbocycles. The maximum absolute atomic E-state index is 12.4. The third kappa shape index (κ3) is 32.9. The summed E-state index contributed by atoms with van der Waals surface area (Å²) >= 11 is 0. The lowest BCUT2D eigenvalue weighted by molar-refractivity contribution is -0.147. The summed E-state index contributed by atoms with van der Waals surface area (Å²) in [6.45, 7) is 4.46. The fourth-order valence-corrected chi connectivity index (χ4v) is 5.37. The highest BCUT2D eigenvalue weighted by Gasteiger charge is 2.11. The quantitative estimate of drug-likeness (QED) is 0.0469. The average Bonchev–Trinajstić information content (AvgIpc) is 2.97. The third-order valence-corrected chi connectivity index (χ3v) is 8.13. The Kier molecular flexibility index (Phi) is 32.6. The van der Waals surface area contributed by atoms with Crippen LogP contribution in [0, 0.1) is 0 Å². The minimum atomic E-state index is -0.723. The Balaban J connectivity index is 3.68. The SMILES string of the molecule is CCCC/C=C\C(CCCCCCC(=O)O)OC(=O)CCCCCCCCCCC/C=C\CCCCCCCCCC. The second-order valence-corrected chi connectivity index (χ2v) is 12.4. The molecule has 0 aliphatic carbocycles. The molecule has 0 aromatic heterocycles. The maximum atomic E-state index is 12.4. The van der Waals surface area contributed by atoms with E-state index in [0.717, 1.165) is 64.2 Å². The van der Waals surface area contributed by atoms with Gasteiger partial charge in [-0.1, -0.05) is 148 Å². The molecule has 0 aromatic rings. The summed E-state index contributed by atoms with van der Waals surface area (Å²) in [7, 11) is 0. The number of carbonyl (C=O) groups excluding carboxylic acids is 1. The first-order chi connectivity index (χ1) is 20.6. The van der Waals surface area contributed by atoms with Crippen LogP contribution in [0.5, 0.6) is 0 Å². The minimum absolute atomic E-state index is 0.0714. The third-order valence-electron chi connectivity index (χ3n) is 8.13. The van der Waals surface area contributed by atoms with Gasteiger partial charge in [-0.15, -0.1) is 0 Å². The maximum Gasteiger partial charge on any atom is 0.306 e. The molecule has 0 saturated heterocycles. The number of rotatable bonds is 33. The molecule has 0 fully saturated rings. The molecule has 42 heavy (non-hydrogen) atoms. The predicted molar refractivity (Wildman–Crippen MR) is 181 cm³/mol. The first-order valence-corrected chi connectivity index (χ1v) is 18.3. The van der Waals surface area contributed by atoms with E-state index in [2.05, 4.69) is 38.2 Å². The van der Waals surface area contributed by atoms with Gasteiger partial charge in [0.25, 0.3) is 0 Å². The Labute approximate surface area is 261 Å². The summed E-state index contributed by atoms with van der Waals surface area (Å²) in [5.74, 6) is -0.795. The fourth-order valence-electron chi connectivity index (χ4n) is 5.37. The molecule has 0 aromatic carbocycles. The second kappa shape index (κ2) is 33.9. The number of carboxylic acids is 1. The number of hydrogen-bond acceptors (Lipinski definition) is 3. The molecule has 1 N–H and O–H groups in total. The van der Waals surface area contributed by atoms with Crippen molar-refractivity contribution in [1.29, 1.82) is 0 Å². The van der Waals surface area contributed by atoms with E-state index in [1.165, 1.54) is 109 Å². The summed E-state index contributed by atoms with van der Waals surface area (Å²) in [4.78, 5) is 23.1. The number of aliphatic carboxylic acids is 1. The zero-order valence-electron chi connectivity index (χ0n) is 28.1. The Morgan fingerprint density at radius 1 is 0.524 bits per heavy atom. The van der Waals surface area contributed by atoms with Crippen LogP contribution in [0.25, 0.3) is 0 Å². The van der Waals surface area contributed by atoms with Crippen molar-refractivity contribution < 1.29 is 19.4 Å². The summed E-state index contributed by atoms with van der Waals surface area (Å²) in [6, 6.07) is 0. The Morgan fingerprint density at radius 3 is 1.48 bits per heavy atom. The van der Waals surface area contributed by atoms with Gasteiger partial charge in [-0.3, -0.25) is 9.59 Å². The van der Waals surface area contributed by atoms with Crippen LogP contribution in [0.2, 0.25) is 0 Å². The lowest BCUT2D eigenvalue weighted by Crippen LogP contribution is -2.16. The van der Waals surface area contributed by atoms with Gasteiger partial charge >= 0.3 is 11.9 Å². The lowest BCUT2D eigenvalue weighted by atomic mass is 10.0. The van der Waals surface area contributed by atoms with Crippen molar-refractivity contribution >= 4 is 11.9 Å². The van der Waals surface area contributed by atoms with Crippen molar-refractivity contribution in [2.24, 2.45) is 0 Å². The van der Waals surface area contributed by atoms with Crippen LogP contribution in [0.1, 0.15) is 200 Å². The number of carbonyl (C=O) groups is 2. The summed E-state index contributed by atoms with van der Waals surface area (Å²) in [5, 5.41) is 8.76. The van der Waals surface area contributed by atoms with Gasteiger partial charge in [0.2, 0.25) is 0 Å². The molecule has 0 rings (SSSR count). The highest BCUT2D eigenvalue weighted by molar-refractivity contribution is 5.69. The molecule has 0 spiro atoms. The lowest BCUT2D eigenvalue weighted by Gasteiger charge is -2.15. The van der Waals surface area contributed by atoms with Crippen molar-refractivity contribution in [3.8, 4) is 0 Å². The molecular formula is C38H70O4. The summed E-state index contributed by atoms with van der Waals surface area (Å²) < 4.78 is 5.79. The molecule has 246 valence electrons. The van der Waals surface area contributed by atoms with Gasteiger partial charge in [-0.2, -0.15) is 0 Å². The first-order valence-electron chi connectivity index (χ1n) is 18.3. The van der Waals surface area contributed by atoms with Crippen LogP contribution in [-0.4, -0.2) is 23.1 Å². The standard InChI is InChI=1S/C38H70O4/c1-3-5-7-9-10-11-12-13-14-15-16-17-18-19-20-21-22-23-24-25-31-35-38(41)42-36(32-28-8-6-4-2)33-29-26-27-30-34-37(39)40/h15-16,28,32,36H,3-14,17-27,29-31,33-35H2,1-2H3,(H,39,40)/b16-15-,32-28-. The Hall–Kier alpha value is -1.58. The minimum Gasteiger partial charge on any atom is -0.481 e. The topological polar surface area (TPSA) is 63.6 Å². The number of hydrogen-bond donors (Lipinski definition) is 1. The van der Waals surface area contributed by atoms with Crippen LogP contribution in [0.3, 0.4) is 0 Å². The smallest absolute Gasteiger partial charge is 0.306 e. The van der Waals surface area contributed by atoms with Crippen molar-refractivity contribution in [3.05, 3.63) is 24.3 Å². The van der Waals surface area contributed by atoms with E-state index in [1.54, 1.807) is 0 Å². The number of allylic oxidation sites excluding steroid dienone is 3. The van der Waals surface area contributed by atoms with Gasteiger partial charge in [-0.05, 0) is 63.9 Å². The monoisotopic (exact) mass is 591 g/mol. The van der Waals surface area contributed by atoms with Gasteiger partial charge in [0, 0.05) is 12.8 Å². The fraction of sp³-hybridized carbons (Fsp3) is 0.842. The molecule has 0 aliphatic rings. The molecule has 0 heterocycles. The molecule has 0 amide bonds. The zero-order chi connectivity index (χ0) is 30.8. The van der Waals surface area contributed by atoms with Gasteiger partial charge in [0.05, 0.1) is 0 Å². The predicted octanol–water partition coefficient (Wildman–Crippen LogP) is 12.4. The van der Waals surface area contributed by atoms with Crippen LogP contribution in [0.4, 0.5) is 0 Å². The van der Waals surface area contributed by atoms with E-state index in [4.69, 9.17) is 9.84 Å². The van der Waals surface area contributed by atoms with Crippen LogP contribution in [0.15, 0.2) is 24.3 Å². The van der Waals surface area contributed by atoms with Gasteiger partial charge < -0.3 is 9.84 Å². The normalized spacial score (nSPS) is 12.4. The molecule has 0 radical (unpaired) electrons. The molecule has 4 nitrogen and oxygen atoms in total. The first kappa shape index (κ1) is 40.4. The van der Waals surface area contributed by atoms with Crippen LogP contribution in [-0.2, 0) is 14.3 Å². The molecular weight excluding hydrogens is 520 g/mol. The molecule has 4 heteroatoms. The molecule has 1 atom stereocenters. The Morgan fingerprint density at radius 2 is 0.952 bits per heavy atom. The zero-order valence-corrected chi connectivity index (χ0v) is 28.1. The summed E-state index contributed by atoms with van der Waals surface area (Å²) in [6.07, 6.45) is 42.4. The van der Waals surface area contributed by atoms with Crippen molar-refractivity contribution in [2.45, 2.75) is 206 Å². The van der Waals surface area contributed by atoms with Crippen molar-refractivity contribution in [2.75, 3.05) is 0 Å². The van der Waals surface area contributed by atoms with Crippen LogP contribution < -0.4 is 0 Å². The summed E-state index contributed by atoms with van der Waals surface area (Å²) in [5.41, 5.74) is 0. The second-order valence-electron chi connectivity index (χ2n) is 12.4. The highest BCUT2D eigenvalue weighted by atomic mass is 16.5. The number of esters is 1. The van der Waals surface area contributed by atoms with Crippen molar-refractivity contribution in [3.63, 3.8) is 0 Å². The van der Waals surface area contributed by atoms with E-state index in [-0.39, 0.29) is 18.5 Å².